The summed E-state index contributed by atoms with van der Waals surface area (Å²) in [7, 11) is 0. The minimum Gasteiger partial charge on any atom is -0.489 e. The number of carbonyl (C=O) groups excluding carboxylic acids is 1. The van der Waals surface area contributed by atoms with Gasteiger partial charge in [-0.3, -0.25) is 4.90 Å². The van der Waals surface area contributed by atoms with Crippen molar-refractivity contribution >= 4 is 17.6 Å². The summed E-state index contributed by atoms with van der Waals surface area (Å²) in [6.07, 6.45) is 1.51. The number of fused-ring (bicyclic) bond motifs is 1. The molecule has 23 heavy (non-hydrogen) atoms. The SMILES string of the molecule is CCOC(=O)c1ccc(O[C@@H]2CN(CC)CC3C[C@@H]32)cc1CCl. The summed E-state index contributed by atoms with van der Waals surface area (Å²) in [6.45, 7) is 7.60. The van der Waals surface area contributed by atoms with Gasteiger partial charge in [-0.15, -0.1) is 11.6 Å². The van der Waals surface area contributed by atoms with Crippen molar-refractivity contribution < 1.29 is 14.3 Å². The first-order valence-corrected chi connectivity index (χ1v) is 8.94. The third kappa shape index (κ3) is 3.64. The average molecular weight is 338 g/mol. The molecule has 4 nitrogen and oxygen atoms in total. The van der Waals surface area contributed by atoms with Crippen molar-refractivity contribution in [2.75, 3.05) is 26.2 Å². The lowest BCUT2D eigenvalue weighted by Gasteiger charge is -2.31. The summed E-state index contributed by atoms with van der Waals surface area (Å²) in [4.78, 5) is 14.4. The standard InChI is InChI=1S/C18H24ClNO3/c1-3-20-10-13-8-16(13)17(11-20)23-14-5-6-15(12(7-14)9-19)18(21)22-4-2/h5-7,13,16-17H,3-4,8-11H2,1-2H3/t13?,16-,17+/m0/s1. The first kappa shape index (κ1) is 16.6. The average Bonchev–Trinajstić information content (AvgIpc) is 3.34. The van der Waals surface area contributed by atoms with Gasteiger partial charge < -0.3 is 9.47 Å². The van der Waals surface area contributed by atoms with Gasteiger partial charge in [-0.2, -0.15) is 0 Å². The molecule has 126 valence electrons. The Balaban J connectivity index is 1.72. The van der Waals surface area contributed by atoms with Gasteiger partial charge in [-0.05, 0) is 49.6 Å². The first-order chi connectivity index (χ1) is 11.2. The lowest BCUT2D eigenvalue weighted by Crippen LogP contribution is -2.42. The molecule has 2 aliphatic rings. The summed E-state index contributed by atoms with van der Waals surface area (Å²) < 4.78 is 11.3. The fraction of sp³-hybridized carbons (Fsp3) is 0.611. The zero-order chi connectivity index (χ0) is 16.4. The highest BCUT2D eigenvalue weighted by molar-refractivity contribution is 6.17. The highest BCUT2D eigenvalue weighted by atomic mass is 35.5. The predicted molar refractivity (Wildman–Crippen MR) is 90.1 cm³/mol. The van der Waals surface area contributed by atoms with Crippen LogP contribution < -0.4 is 4.74 Å². The lowest BCUT2D eigenvalue weighted by atomic mass is 10.1. The van der Waals surface area contributed by atoms with Crippen LogP contribution in [0.25, 0.3) is 0 Å². The Morgan fingerprint density at radius 2 is 2.17 bits per heavy atom. The fourth-order valence-electron chi connectivity index (χ4n) is 3.45. The largest absolute Gasteiger partial charge is 0.489 e. The molecule has 5 heteroatoms. The number of nitrogens with zero attached hydrogens (tertiary/aromatic N) is 1. The number of hydrogen-bond donors (Lipinski definition) is 0. The van der Waals surface area contributed by atoms with Gasteiger partial charge in [0, 0.05) is 24.9 Å². The van der Waals surface area contributed by atoms with Crippen molar-refractivity contribution in [2.24, 2.45) is 11.8 Å². The minimum atomic E-state index is -0.327. The normalized spacial score (nSPS) is 26.5. The second-order valence-corrected chi connectivity index (χ2v) is 6.61. The van der Waals surface area contributed by atoms with Crippen molar-refractivity contribution in [3.8, 4) is 5.75 Å². The van der Waals surface area contributed by atoms with E-state index < -0.39 is 0 Å². The molecule has 2 fully saturated rings. The molecule has 1 saturated heterocycles. The van der Waals surface area contributed by atoms with E-state index in [4.69, 9.17) is 21.1 Å². The monoisotopic (exact) mass is 337 g/mol. The van der Waals surface area contributed by atoms with Crippen LogP contribution in [-0.2, 0) is 10.6 Å². The van der Waals surface area contributed by atoms with Crippen LogP contribution in [0.4, 0.5) is 0 Å². The molecule has 0 spiro atoms. The van der Waals surface area contributed by atoms with E-state index in [0.29, 0.717) is 18.1 Å². The van der Waals surface area contributed by atoms with Crippen molar-refractivity contribution in [3.63, 3.8) is 0 Å². The molecular weight excluding hydrogens is 314 g/mol. The van der Waals surface area contributed by atoms with Gasteiger partial charge in [0.05, 0.1) is 12.2 Å². The molecule has 0 N–H and O–H groups in total. The van der Waals surface area contributed by atoms with Gasteiger partial charge in [-0.1, -0.05) is 6.92 Å². The molecule has 3 rings (SSSR count). The van der Waals surface area contributed by atoms with Gasteiger partial charge in [0.25, 0.3) is 0 Å². The van der Waals surface area contributed by atoms with Crippen molar-refractivity contribution in [1.29, 1.82) is 0 Å². The third-order valence-electron chi connectivity index (χ3n) is 4.84. The molecule has 0 amide bonds. The number of likely N-dealkylation sites (tertiary alicyclic amines) is 1. The summed E-state index contributed by atoms with van der Waals surface area (Å²) in [5.74, 6) is 2.21. The molecule has 1 aliphatic heterocycles. The first-order valence-electron chi connectivity index (χ1n) is 8.41. The van der Waals surface area contributed by atoms with E-state index in [1.807, 2.05) is 12.1 Å². The lowest BCUT2D eigenvalue weighted by molar-refractivity contribution is 0.0525. The summed E-state index contributed by atoms with van der Waals surface area (Å²) in [5.41, 5.74) is 1.29. The molecule has 3 atom stereocenters. The maximum Gasteiger partial charge on any atom is 0.338 e. The molecule has 1 aromatic carbocycles. The Bertz CT molecular complexity index is 577. The van der Waals surface area contributed by atoms with Crippen LogP contribution in [0.3, 0.4) is 0 Å². The van der Waals surface area contributed by atoms with E-state index in [1.165, 1.54) is 13.0 Å². The zero-order valence-electron chi connectivity index (χ0n) is 13.8. The van der Waals surface area contributed by atoms with Crippen LogP contribution in [0, 0.1) is 11.8 Å². The van der Waals surface area contributed by atoms with E-state index in [-0.39, 0.29) is 18.0 Å². The number of alkyl halides is 1. The second-order valence-electron chi connectivity index (χ2n) is 6.34. The second kappa shape index (κ2) is 7.10. The van der Waals surface area contributed by atoms with E-state index in [2.05, 4.69) is 11.8 Å². The zero-order valence-corrected chi connectivity index (χ0v) is 14.5. The molecule has 1 aliphatic carbocycles. The number of rotatable bonds is 6. The highest BCUT2D eigenvalue weighted by Crippen LogP contribution is 2.46. The Hall–Kier alpha value is -1.26. The Kier molecular flexibility index (Phi) is 5.12. The number of esters is 1. The third-order valence-corrected chi connectivity index (χ3v) is 5.12. The molecule has 0 radical (unpaired) electrons. The van der Waals surface area contributed by atoms with E-state index in [0.717, 1.165) is 30.3 Å². The molecule has 1 aromatic rings. The quantitative estimate of drug-likeness (QED) is 0.589. The Labute approximate surface area is 142 Å². The van der Waals surface area contributed by atoms with Crippen LogP contribution in [0.5, 0.6) is 5.75 Å². The van der Waals surface area contributed by atoms with Crippen molar-refractivity contribution in [3.05, 3.63) is 29.3 Å². The predicted octanol–water partition coefficient (Wildman–Crippen LogP) is 3.32. The molecule has 1 unspecified atom stereocenters. The molecular formula is C18H24ClNO3. The maximum absolute atomic E-state index is 11.9. The minimum absolute atomic E-state index is 0.241. The number of carbonyl (C=O) groups is 1. The number of hydrogen-bond acceptors (Lipinski definition) is 4. The summed E-state index contributed by atoms with van der Waals surface area (Å²) >= 11 is 6.00. The summed E-state index contributed by atoms with van der Waals surface area (Å²) in [6, 6.07) is 5.49. The molecule has 0 aromatic heterocycles. The van der Waals surface area contributed by atoms with Gasteiger partial charge in [0.15, 0.2) is 0 Å². The van der Waals surface area contributed by atoms with Gasteiger partial charge in [0.1, 0.15) is 11.9 Å². The number of benzene rings is 1. The molecule has 0 bridgehead atoms. The number of likely N-dealkylation sites (N-methyl/N-ethyl adjacent to an activating group) is 1. The maximum atomic E-state index is 11.9. The highest BCUT2D eigenvalue weighted by Gasteiger charge is 2.48. The number of piperidine rings is 1. The van der Waals surface area contributed by atoms with Crippen LogP contribution in [-0.4, -0.2) is 43.2 Å². The van der Waals surface area contributed by atoms with Crippen LogP contribution in [0.2, 0.25) is 0 Å². The number of halogens is 1. The fourth-order valence-corrected chi connectivity index (χ4v) is 3.67. The van der Waals surface area contributed by atoms with Crippen LogP contribution in [0.1, 0.15) is 36.2 Å². The van der Waals surface area contributed by atoms with Gasteiger partial charge in [-0.25, -0.2) is 4.79 Å². The van der Waals surface area contributed by atoms with Crippen LogP contribution >= 0.6 is 11.6 Å². The summed E-state index contributed by atoms with van der Waals surface area (Å²) in [5, 5.41) is 0. The van der Waals surface area contributed by atoms with Crippen LogP contribution in [0.15, 0.2) is 18.2 Å². The van der Waals surface area contributed by atoms with Gasteiger partial charge >= 0.3 is 5.97 Å². The van der Waals surface area contributed by atoms with E-state index in [1.54, 1.807) is 13.0 Å². The van der Waals surface area contributed by atoms with Crippen molar-refractivity contribution in [2.45, 2.75) is 32.3 Å². The molecule has 1 saturated carbocycles. The Morgan fingerprint density at radius 1 is 1.35 bits per heavy atom. The van der Waals surface area contributed by atoms with Crippen molar-refractivity contribution in [1.82, 2.24) is 4.90 Å². The smallest absolute Gasteiger partial charge is 0.338 e. The molecule has 1 heterocycles. The Morgan fingerprint density at radius 3 is 2.87 bits per heavy atom. The van der Waals surface area contributed by atoms with Gasteiger partial charge in [0.2, 0.25) is 0 Å². The topological polar surface area (TPSA) is 38.8 Å². The number of ether oxygens (including phenoxy) is 2. The van der Waals surface area contributed by atoms with E-state index >= 15 is 0 Å². The van der Waals surface area contributed by atoms with E-state index in [9.17, 15) is 4.79 Å².